The summed E-state index contributed by atoms with van der Waals surface area (Å²) in [6.07, 6.45) is 0.469. The molecular formula is C18H23FN4O2. The van der Waals surface area contributed by atoms with Gasteiger partial charge in [0.05, 0.1) is 31.6 Å². The minimum atomic E-state index is -0.258. The number of nitrogens with zero attached hydrogens (tertiary/aromatic N) is 3. The maximum atomic E-state index is 13.5. The van der Waals surface area contributed by atoms with Crippen LogP contribution in [0.3, 0.4) is 0 Å². The van der Waals surface area contributed by atoms with Crippen LogP contribution in [0.25, 0.3) is 0 Å². The molecule has 1 aromatic carbocycles. The second-order valence-corrected chi connectivity index (χ2v) is 6.15. The van der Waals surface area contributed by atoms with Gasteiger partial charge < -0.3 is 10.1 Å². The summed E-state index contributed by atoms with van der Waals surface area (Å²) in [6.45, 7) is 5.22. The first-order valence-electron chi connectivity index (χ1n) is 8.46. The lowest BCUT2D eigenvalue weighted by Crippen LogP contribution is -2.33. The maximum absolute atomic E-state index is 13.5. The minimum Gasteiger partial charge on any atom is -0.496 e. The van der Waals surface area contributed by atoms with E-state index in [9.17, 15) is 9.18 Å². The average molecular weight is 346 g/mol. The van der Waals surface area contributed by atoms with Crippen molar-refractivity contribution in [2.24, 2.45) is 0 Å². The van der Waals surface area contributed by atoms with E-state index in [4.69, 9.17) is 4.74 Å². The van der Waals surface area contributed by atoms with E-state index in [-0.39, 0.29) is 11.7 Å². The van der Waals surface area contributed by atoms with Crippen LogP contribution in [0.15, 0.2) is 24.3 Å². The molecule has 6 nitrogen and oxygen atoms in total. The summed E-state index contributed by atoms with van der Waals surface area (Å²) in [5.74, 6) is 0.459. The van der Waals surface area contributed by atoms with Crippen molar-refractivity contribution in [3.05, 3.63) is 47.0 Å². The summed E-state index contributed by atoms with van der Waals surface area (Å²) in [4.78, 5) is 13.6. The summed E-state index contributed by atoms with van der Waals surface area (Å²) in [5.41, 5.74) is 2.80. The topological polar surface area (TPSA) is 59.4 Å². The molecule has 1 aliphatic heterocycles. The molecule has 1 amide bonds. The highest BCUT2D eigenvalue weighted by Gasteiger charge is 2.20. The van der Waals surface area contributed by atoms with Crippen LogP contribution < -0.4 is 10.1 Å². The largest absolute Gasteiger partial charge is 0.496 e. The molecule has 0 unspecified atom stereocenters. The number of ether oxygens (including phenoxy) is 1. The monoisotopic (exact) mass is 346 g/mol. The number of halogens is 1. The summed E-state index contributed by atoms with van der Waals surface area (Å²) < 4.78 is 20.8. The van der Waals surface area contributed by atoms with E-state index >= 15 is 0 Å². The maximum Gasteiger partial charge on any atom is 0.220 e. The summed E-state index contributed by atoms with van der Waals surface area (Å²) in [7, 11) is 1.60. The Morgan fingerprint density at radius 3 is 2.96 bits per heavy atom. The highest BCUT2D eigenvalue weighted by molar-refractivity contribution is 5.75. The van der Waals surface area contributed by atoms with Gasteiger partial charge in [-0.1, -0.05) is 6.92 Å². The highest BCUT2D eigenvalue weighted by Crippen LogP contribution is 2.23. The quantitative estimate of drug-likeness (QED) is 0.870. The lowest BCUT2D eigenvalue weighted by molar-refractivity contribution is -0.120. The van der Waals surface area contributed by atoms with Crippen LogP contribution in [-0.2, 0) is 31.0 Å². The Morgan fingerprint density at radius 2 is 2.20 bits per heavy atom. The number of amides is 1. The van der Waals surface area contributed by atoms with Gasteiger partial charge in [-0.15, -0.1) is 0 Å². The first-order chi connectivity index (χ1) is 12.1. The molecule has 1 aliphatic rings. The number of hydrogen-bond donors (Lipinski definition) is 1. The van der Waals surface area contributed by atoms with Crippen LogP contribution in [0, 0.1) is 5.82 Å². The Labute approximate surface area is 146 Å². The van der Waals surface area contributed by atoms with Crippen molar-refractivity contribution < 1.29 is 13.9 Å². The molecular weight excluding hydrogens is 323 g/mol. The van der Waals surface area contributed by atoms with Gasteiger partial charge in [0.25, 0.3) is 0 Å². The number of carbonyl (C=O) groups excluding carboxylic acids is 1. The van der Waals surface area contributed by atoms with E-state index in [1.807, 2.05) is 17.7 Å². The standard InChI is InChI=1S/C18H23FN4O2/c1-3-18(24)20-10-15-9-16-12-22(6-7-23(16)21-15)11-13-8-14(19)4-5-17(13)25-2/h4-5,8-9H,3,6-7,10-12H2,1-2H3,(H,20,24). The van der Waals surface area contributed by atoms with E-state index in [0.717, 1.165) is 36.6 Å². The molecule has 7 heteroatoms. The second-order valence-electron chi connectivity index (χ2n) is 6.15. The average Bonchev–Trinajstić information content (AvgIpc) is 3.02. The molecule has 0 bridgehead atoms. The number of fused-ring (bicyclic) bond motifs is 1. The number of aromatic nitrogens is 2. The Hall–Kier alpha value is -2.41. The van der Waals surface area contributed by atoms with E-state index in [0.29, 0.717) is 25.3 Å². The summed E-state index contributed by atoms with van der Waals surface area (Å²) >= 11 is 0. The van der Waals surface area contributed by atoms with Crippen molar-refractivity contribution in [1.82, 2.24) is 20.0 Å². The predicted octanol–water partition coefficient (Wildman–Crippen LogP) is 2.07. The molecule has 25 heavy (non-hydrogen) atoms. The van der Waals surface area contributed by atoms with Crippen LogP contribution in [0.1, 0.15) is 30.3 Å². The third-order valence-corrected chi connectivity index (χ3v) is 4.35. The van der Waals surface area contributed by atoms with E-state index in [1.54, 1.807) is 13.2 Å². The Bertz CT molecular complexity index is 760. The van der Waals surface area contributed by atoms with Gasteiger partial charge in [-0.2, -0.15) is 5.10 Å². The number of rotatable bonds is 6. The third kappa shape index (κ3) is 4.17. The van der Waals surface area contributed by atoms with Crippen LogP contribution >= 0.6 is 0 Å². The Kier molecular flexibility index (Phi) is 5.33. The lowest BCUT2D eigenvalue weighted by Gasteiger charge is -2.28. The zero-order valence-electron chi connectivity index (χ0n) is 14.6. The number of nitrogens with one attached hydrogen (secondary N) is 1. The molecule has 0 spiro atoms. The fraction of sp³-hybridized carbons (Fsp3) is 0.444. The minimum absolute atomic E-state index is 0.0193. The Morgan fingerprint density at radius 1 is 1.36 bits per heavy atom. The molecule has 2 heterocycles. The van der Waals surface area contributed by atoms with Crippen molar-refractivity contribution >= 4 is 5.91 Å². The van der Waals surface area contributed by atoms with Gasteiger partial charge in [0.2, 0.25) is 5.91 Å². The van der Waals surface area contributed by atoms with Crippen LogP contribution in [0.4, 0.5) is 4.39 Å². The predicted molar refractivity (Wildman–Crippen MR) is 91.4 cm³/mol. The summed E-state index contributed by atoms with van der Waals surface area (Å²) in [5, 5.41) is 7.38. The first-order valence-corrected chi connectivity index (χ1v) is 8.46. The SMILES string of the molecule is CCC(=O)NCc1cc2n(n1)CCN(Cc1cc(F)ccc1OC)C2. The molecule has 0 radical (unpaired) electrons. The van der Waals surface area contributed by atoms with Gasteiger partial charge in [0.1, 0.15) is 11.6 Å². The second kappa shape index (κ2) is 7.65. The Balaban J connectivity index is 1.66. The number of benzene rings is 1. The first kappa shape index (κ1) is 17.4. The zero-order chi connectivity index (χ0) is 17.8. The highest BCUT2D eigenvalue weighted by atomic mass is 19.1. The molecule has 1 aromatic heterocycles. The van der Waals surface area contributed by atoms with E-state index < -0.39 is 0 Å². The van der Waals surface area contributed by atoms with Crippen LogP contribution in [-0.4, -0.2) is 34.2 Å². The lowest BCUT2D eigenvalue weighted by atomic mass is 10.1. The van der Waals surface area contributed by atoms with Crippen LogP contribution in [0.5, 0.6) is 5.75 Å². The van der Waals surface area contributed by atoms with Gasteiger partial charge in [-0.3, -0.25) is 14.4 Å². The van der Waals surface area contributed by atoms with Gasteiger partial charge in [-0.05, 0) is 24.3 Å². The number of carbonyl (C=O) groups is 1. The van der Waals surface area contributed by atoms with Crippen molar-refractivity contribution in [2.45, 2.75) is 39.5 Å². The molecule has 2 aromatic rings. The van der Waals surface area contributed by atoms with Crippen molar-refractivity contribution in [3.63, 3.8) is 0 Å². The molecule has 0 saturated carbocycles. The van der Waals surface area contributed by atoms with Gasteiger partial charge in [0.15, 0.2) is 0 Å². The fourth-order valence-corrected chi connectivity index (χ4v) is 3.03. The zero-order valence-corrected chi connectivity index (χ0v) is 14.6. The normalized spacial score (nSPS) is 14.2. The van der Waals surface area contributed by atoms with Crippen molar-refractivity contribution in [1.29, 1.82) is 0 Å². The summed E-state index contributed by atoms with van der Waals surface area (Å²) in [6, 6.07) is 6.61. The van der Waals surface area contributed by atoms with Crippen molar-refractivity contribution in [3.8, 4) is 5.75 Å². The van der Waals surface area contributed by atoms with Crippen molar-refractivity contribution in [2.75, 3.05) is 13.7 Å². The molecule has 134 valence electrons. The van der Waals surface area contributed by atoms with Crippen LogP contribution in [0.2, 0.25) is 0 Å². The van der Waals surface area contributed by atoms with Gasteiger partial charge >= 0.3 is 0 Å². The molecule has 0 aliphatic carbocycles. The van der Waals surface area contributed by atoms with Gasteiger partial charge in [0, 0.05) is 31.6 Å². The molecule has 0 atom stereocenters. The third-order valence-electron chi connectivity index (χ3n) is 4.35. The number of hydrogen-bond acceptors (Lipinski definition) is 4. The molecule has 1 N–H and O–H groups in total. The number of methoxy groups -OCH3 is 1. The van der Waals surface area contributed by atoms with E-state index in [2.05, 4.69) is 15.3 Å². The molecule has 3 rings (SSSR count). The molecule has 0 fully saturated rings. The smallest absolute Gasteiger partial charge is 0.220 e. The van der Waals surface area contributed by atoms with Gasteiger partial charge in [-0.25, -0.2) is 4.39 Å². The fourth-order valence-electron chi connectivity index (χ4n) is 3.03. The molecule has 0 saturated heterocycles. The van der Waals surface area contributed by atoms with E-state index in [1.165, 1.54) is 12.1 Å².